The number of nitrogens with zero attached hydrogens (tertiary/aromatic N) is 5. The van der Waals surface area contributed by atoms with E-state index in [-0.39, 0.29) is 17.2 Å². The van der Waals surface area contributed by atoms with E-state index in [4.69, 9.17) is 0 Å². The van der Waals surface area contributed by atoms with E-state index < -0.39 is 0 Å². The van der Waals surface area contributed by atoms with Crippen LogP contribution in [0.2, 0.25) is 0 Å². The molecular weight excluding hydrogens is 428 g/mol. The lowest BCUT2D eigenvalue weighted by Gasteiger charge is -2.56. The molecule has 0 saturated heterocycles. The summed E-state index contributed by atoms with van der Waals surface area (Å²) in [6.45, 7) is 2.63. The maximum absolute atomic E-state index is 13.3. The Kier molecular flexibility index (Phi) is 4.41. The topological polar surface area (TPSA) is 84.5 Å². The number of amides is 2. The number of fused-ring (bicyclic) bond motifs is 2. The van der Waals surface area contributed by atoms with Crippen LogP contribution < -0.4 is 5.32 Å². The van der Waals surface area contributed by atoms with Crippen molar-refractivity contribution in [2.75, 3.05) is 13.1 Å². The molecule has 176 valence electrons. The molecule has 4 bridgehead atoms. The molecule has 0 spiro atoms. The van der Waals surface area contributed by atoms with Gasteiger partial charge in [-0.1, -0.05) is 0 Å². The standard InChI is InChI=1S/C26H30N6O2/c33-24(28-15-26-10-17-6-18(11-26)8-19(7-17)12-26)21-2-1-3-32-23(21)9-22(29-32)25(34)30-4-5-31-16-27-13-20(31)14-30/h1-3,9,13,16-19H,4-8,10-12,14-15H2,(H,28,33). The van der Waals surface area contributed by atoms with Gasteiger partial charge in [-0.3, -0.25) is 9.59 Å². The second-order valence-corrected chi connectivity index (χ2v) is 11.2. The predicted molar refractivity (Wildman–Crippen MR) is 125 cm³/mol. The van der Waals surface area contributed by atoms with Crippen LogP contribution in [0.3, 0.4) is 0 Å². The molecule has 8 rings (SSSR count). The number of aromatic nitrogens is 4. The lowest BCUT2D eigenvalue weighted by molar-refractivity contribution is -0.0503. The van der Waals surface area contributed by atoms with Crippen molar-refractivity contribution in [2.45, 2.75) is 51.6 Å². The summed E-state index contributed by atoms with van der Waals surface area (Å²) in [6.07, 6.45) is 13.4. The van der Waals surface area contributed by atoms with Gasteiger partial charge in [0.25, 0.3) is 11.8 Å². The van der Waals surface area contributed by atoms with Gasteiger partial charge in [-0.05, 0) is 79.9 Å². The minimum atomic E-state index is -0.115. The van der Waals surface area contributed by atoms with Gasteiger partial charge in [0.15, 0.2) is 5.69 Å². The number of rotatable bonds is 4. The molecule has 1 aliphatic heterocycles. The Hall–Kier alpha value is -3.16. The third-order valence-corrected chi connectivity index (χ3v) is 8.80. The molecule has 8 nitrogen and oxygen atoms in total. The molecule has 0 radical (unpaired) electrons. The van der Waals surface area contributed by atoms with Crippen LogP contribution in [0.4, 0.5) is 0 Å². The fourth-order valence-electron chi connectivity index (χ4n) is 7.70. The number of pyridine rings is 1. The van der Waals surface area contributed by atoms with Gasteiger partial charge < -0.3 is 14.8 Å². The van der Waals surface area contributed by atoms with Crippen LogP contribution in [-0.4, -0.2) is 49.0 Å². The summed E-state index contributed by atoms with van der Waals surface area (Å²) in [5.74, 6) is 2.41. The van der Waals surface area contributed by atoms with Crippen molar-refractivity contribution in [3.05, 3.63) is 53.9 Å². The number of hydrogen-bond acceptors (Lipinski definition) is 4. The minimum absolute atomic E-state index is 0.0675. The molecule has 4 fully saturated rings. The Morgan fingerprint density at radius 2 is 1.85 bits per heavy atom. The zero-order chi connectivity index (χ0) is 22.9. The third kappa shape index (κ3) is 3.26. The molecule has 5 aliphatic rings. The van der Waals surface area contributed by atoms with Gasteiger partial charge in [-0.15, -0.1) is 0 Å². The van der Waals surface area contributed by atoms with Crippen LogP contribution in [0.1, 0.15) is 65.1 Å². The third-order valence-electron chi connectivity index (χ3n) is 8.80. The Morgan fingerprint density at radius 3 is 2.62 bits per heavy atom. The first-order valence-electron chi connectivity index (χ1n) is 12.6. The summed E-state index contributed by atoms with van der Waals surface area (Å²) >= 11 is 0. The van der Waals surface area contributed by atoms with E-state index in [2.05, 4.69) is 20.0 Å². The summed E-state index contributed by atoms with van der Waals surface area (Å²) in [5, 5.41) is 7.79. The molecule has 0 unspecified atom stereocenters. The molecule has 4 aliphatic carbocycles. The zero-order valence-corrected chi connectivity index (χ0v) is 19.3. The van der Waals surface area contributed by atoms with E-state index in [0.29, 0.717) is 29.9 Å². The lowest BCUT2D eigenvalue weighted by atomic mass is 9.49. The van der Waals surface area contributed by atoms with E-state index in [0.717, 1.165) is 36.5 Å². The average Bonchev–Trinajstić information content (AvgIpc) is 3.47. The summed E-state index contributed by atoms with van der Waals surface area (Å²) < 4.78 is 3.72. The molecule has 8 heteroatoms. The summed E-state index contributed by atoms with van der Waals surface area (Å²) in [7, 11) is 0. The number of carbonyl (C=O) groups is 2. The van der Waals surface area contributed by atoms with E-state index in [1.807, 2.05) is 12.1 Å². The van der Waals surface area contributed by atoms with Gasteiger partial charge in [0.05, 0.1) is 29.6 Å². The molecule has 2 amide bonds. The zero-order valence-electron chi connectivity index (χ0n) is 19.3. The monoisotopic (exact) mass is 458 g/mol. The minimum Gasteiger partial charge on any atom is -0.351 e. The molecule has 3 aromatic heterocycles. The number of hydrogen-bond donors (Lipinski definition) is 1. The molecule has 1 N–H and O–H groups in total. The van der Waals surface area contributed by atoms with Gasteiger partial charge in [0.1, 0.15) is 0 Å². The lowest BCUT2D eigenvalue weighted by Crippen LogP contribution is -2.51. The highest BCUT2D eigenvalue weighted by Gasteiger charge is 2.50. The number of nitrogens with one attached hydrogen (secondary N) is 1. The molecular formula is C26H30N6O2. The van der Waals surface area contributed by atoms with Crippen molar-refractivity contribution >= 4 is 17.3 Å². The first-order chi connectivity index (χ1) is 16.6. The molecule has 3 aromatic rings. The highest BCUT2D eigenvalue weighted by atomic mass is 16.2. The predicted octanol–water partition coefficient (Wildman–Crippen LogP) is 3.13. The highest BCUT2D eigenvalue weighted by molar-refractivity contribution is 6.02. The molecule has 4 saturated carbocycles. The molecule has 0 aromatic carbocycles. The van der Waals surface area contributed by atoms with Gasteiger partial charge in [0, 0.05) is 32.0 Å². The van der Waals surface area contributed by atoms with Gasteiger partial charge in [-0.25, -0.2) is 9.50 Å². The summed E-state index contributed by atoms with van der Waals surface area (Å²) in [5.41, 5.74) is 2.94. The first kappa shape index (κ1) is 20.2. The van der Waals surface area contributed by atoms with Crippen LogP contribution in [-0.2, 0) is 13.1 Å². The van der Waals surface area contributed by atoms with Crippen molar-refractivity contribution < 1.29 is 9.59 Å². The summed E-state index contributed by atoms with van der Waals surface area (Å²) in [4.78, 5) is 32.4. The average molecular weight is 459 g/mol. The number of carbonyl (C=O) groups excluding carboxylic acids is 2. The smallest absolute Gasteiger partial charge is 0.274 e. The van der Waals surface area contributed by atoms with E-state index in [1.54, 1.807) is 34.2 Å². The van der Waals surface area contributed by atoms with Crippen LogP contribution in [0.15, 0.2) is 36.9 Å². The van der Waals surface area contributed by atoms with Crippen molar-refractivity contribution in [1.82, 2.24) is 29.4 Å². The van der Waals surface area contributed by atoms with Crippen LogP contribution in [0, 0.1) is 23.2 Å². The maximum Gasteiger partial charge on any atom is 0.274 e. The SMILES string of the molecule is O=C(NCC12CC3CC(CC(C3)C1)C2)c1cccn2nc(C(=O)N3CCn4cncc4C3)cc12. The Labute approximate surface area is 198 Å². The van der Waals surface area contributed by atoms with Crippen molar-refractivity contribution in [1.29, 1.82) is 0 Å². The van der Waals surface area contributed by atoms with Crippen LogP contribution >= 0.6 is 0 Å². The van der Waals surface area contributed by atoms with Crippen molar-refractivity contribution in [3.8, 4) is 0 Å². The quantitative estimate of drug-likeness (QED) is 0.651. The largest absolute Gasteiger partial charge is 0.351 e. The van der Waals surface area contributed by atoms with Gasteiger partial charge in [0.2, 0.25) is 0 Å². The van der Waals surface area contributed by atoms with Crippen molar-refractivity contribution in [3.63, 3.8) is 0 Å². The van der Waals surface area contributed by atoms with E-state index in [9.17, 15) is 9.59 Å². The Morgan fingerprint density at radius 1 is 1.09 bits per heavy atom. The Balaban J connectivity index is 1.10. The number of imidazole rings is 1. The van der Waals surface area contributed by atoms with Crippen LogP contribution in [0.5, 0.6) is 0 Å². The van der Waals surface area contributed by atoms with Crippen molar-refractivity contribution in [2.24, 2.45) is 23.2 Å². The normalized spacial score (nSPS) is 29.4. The first-order valence-corrected chi connectivity index (χ1v) is 12.6. The second-order valence-electron chi connectivity index (χ2n) is 11.2. The second kappa shape index (κ2) is 7.42. The van der Waals surface area contributed by atoms with E-state index in [1.165, 1.54) is 38.5 Å². The molecule has 34 heavy (non-hydrogen) atoms. The van der Waals surface area contributed by atoms with Gasteiger partial charge in [-0.2, -0.15) is 5.10 Å². The summed E-state index contributed by atoms with van der Waals surface area (Å²) in [6, 6.07) is 5.42. The highest BCUT2D eigenvalue weighted by Crippen LogP contribution is 2.59. The fourth-order valence-corrected chi connectivity index (χ4v) is 7.70. The van der Waals surface area contributed by atoms with Gasteiger partial charge >= 0.3 is 0 Å². The maximum atomic E-state index is 13.3. The fraction of sp³-hybridized carbons (Fsp3) is 0.538. The molecule has 4 heterocycles. The van der Waals surface area contributed by atoms with E-state index >= 15 is 0 Å². The van der Waals surface area contributed by atoms with Crippen LogP contribution in [0.25, 0.3) is 5.52 Å². The molecule has 0 atom stereocenters. The Bertz CT molecular complexity index is 1250.